The molecule has 2 heterocycles. The fraction of sp³-hybridized carbons (Fsp3) is 0.722. The summed E-state index contributed by atoms with van der Waals surface area (Å²) in [5, 5.41) is 22.7. The van der Waals surface area contributed by atoms with E-state index in [1.165, 1.54) is 11.1 Å². The molecule has 0 aromatic carbocycles. The molecular formula is C18H31N2O8P. The molecule has 1 saturated heterocycles. The second-order valence-electron chi connectivity index (χ2n) is 7.63. The molecule has 0 aliphatic carbocycles. The van der Waals surface area contributed by atoms with Gasteiger partial charge >= 0.3 is 7.60 Å². The SMILES string of the molecule is C=C1NC(=O)C(CO)=CN1[C@@H]1O[C@H](CCP(=O)(O)OC(C)C)C(OC(C)C)[C@@H]1O. The van der Waals surface area contributed by atoms with Gasteiger partial charge in [0.05, 0.1) is 36.7 Å². The molecule has 0 spiro atoms. The van der Waals surface area contributed by atoms with Gasteiger partial charge in [-0.3, -0.25) is 9.36 Å². The third-order valence-corrected chi connectivity index (χ3v) is 5.99. The maximum absolute atomic E-state index is 12.2. The molecule has 0 saturated carbocycles. The van der Waals surface area contributed by atoms with Crippen LogP contribution in [0.2, 0.25) is 0 Å². The summed E-state index contributed by atoms with van der Waals surface area (Å²) in [7, 11) is -3.82. The Balaban J connectivity index is 2.20. The lowest BCUT2D eigenvalue weighted by Crippen LogP contribution is -2.48. The van der Waals surface area contributed by atoms with Crippen LogP contribution in [0.1, 0.15) is 34.1 Å². The van der Waals surface area contributed by atoms with Gasteiger partial charge in [0, 0.05) is 6.20 Å². The van der Waals surface area contributed by atoms with Crippen LogP contribution in [-0.4, -0.2) is 75.4 Å². The van der Waals surface area contributed by atoms with Crippen molar-refractivity contribution in [3.05, 3.63) is 24.2 Å². The predicted octanol–water partition coefficient (Wildman–Crippen LogP) is 0.645. The Labute approximate surface area is 170 Å². The van der Waals surface area contributed by atoms with Crippen LogP contribution in [0.5, 0.6) is 0 Å². The average Bonchev–Trinajstić information content (AvgIpc) is 2.88. The number of nitrogens with zero attached hydrogens (tertiary/aromatic N) is 1. The molecule has 2 unspecified atom stereocenters. The van der Waals surface area contributed by atoms with Crippen molar-refractivity contribution >= 4 is 13.5 Å². The summed E-state index contributed by atoms with van der Waals surface area (Å²) in [6.45, 7) is 10.2. The first-order valence-electron chi connectivity index (χ1n) is 9.54. The number of hydrogen-bond acceptors (Lipinski definition) is 8. The van der Waals surface area contributed by atoms with Gasteiger partial charge in [-0.2, -0.15) is 0 Å². The Kier molecular flexibility index (Phi) is 8.03. The van der Waals surface area contributed by atoms with Crippen LogP contribution in [0, 0.1) is 0 Å². The average molecular weight is 434 g/mol. The van der Waals surface area contributed by atoms with Crippen LogP contribution in [-0.2, 0) is 23.4 Å². The summed E-state index contributed by atoms with van der Waals surface area (Å²) >= 11 is 0. The van der Waals surface area contributed by atoms with Gasteiger partial charge in [0.15, 0.2) is 6.23 Å². The molecule has 166 valence electrons. The molecule has 2 aliphatic rings. The maximum atomic E-state index is 12.2. The van der Waals surface area contributed by atoms with E-state index in [1.54, 1.807) is 27.7 Å². The number of aliphatic hydroxyl groups is 2. The largest absolute Gasteiger partial charge is 0.391 e. The van der Waals surface area contributed by atoms with Gasteiger partial charge in [-0.15, -0.1) is 0 Å². The Morgan fingerprint density at radius 3 is 2.55 bits per heavy atom. The summed E-state index contributed by atoms with van der Waals surface area (Å²) < 4.78 is 29.1. The molecule has 1 amide bonds. The zero-order valence-corrected chi connectivity index (χ0v) is 18.0. The zero-order chi connectivity index (χ0) is 21.9. The highest BCUT2D eigenvalue weighted by Crippen LogP contribution is 2.45. The second kappa shape index (κ2) is 9.70. The number of aliphatic hydroxyl groups excluding tert-OH is 2. The van der Waals surface area contributed by atoms with Crippen molar-refractivity contribution in [2.24, 2.45) is 0 Å². The minimum atomic E-state index is -3.82. The molecule has 2 aliphatic heterocycles. The molecule has 10 nitrogen and oxygen atoms in total. The Hall–Kier alpha value is -1.26. The van der Waals surface area contributed by atoms with Crippen LogP contribution in [0.3, 0.4) is 0 Å². The van der Waals surface area contributed by atoms with Gasteiger partial charge in [0.1, 0.15) is 18.0 Å². The van der Waals surface area contributed by atoms with Crippen molar-refractivity contribution in [1.29, 1.82) is 0 Å². The smallest absolute Gasteiger partial charge is 0.328 e. The third-order valence-electron chi connectivity index (χ3n) is 4.41. The van der Waals surface area contributed by atoms with E-state index in [2.05, 4.69) is 11.9 Å². The monoisotopic (exact) mass is 434 g/mol. The number of carbonyl (C=O) groups is 1. The van der Waals surface area contributed by atoms with E-state index in [0.717, 1.165) is 0 Å². The number of carbonyl (C=O) groups excluding carboxylic acids is 1. The van der Waals surface area contributed by atoms with Crippen LogP contribution in [0.25, 0.3) is 0 Å². The molecule has 5 atom stereocenters. The topological polar surface area (TPSA) is 138 Å². The number of amides is 1. The first-order chi connectivity index (χ1) is 13.4. The molecule has 0 radical (unpaired) electrons. The number of hydrogen-bond donors (Lipinski definition) is 4. The lowest BCUT2D eigenvalue weighted by Gasteiger charge is -2.34. The fourth-order valence-electron chi connectivity index (χ4n) is 3.26. The molecule has 29 heavy (non-hydrogen) atoms. The quantitative estimate of drug-likeness (QED) is 0.385. The molecule has 2 rings (SSSR count). The van der Waals surface area contributed by atoms with Crippen LogP contribution in [0.4, 0.5) is 0 Å². The number of ether oxygens (including phenoxy) is 2. The summed E-state index contributed by atoms with van der Waals surface area (Å²) in [6, 6.07) is 0. The Bertz CT molecular complexity index is 695. The molecule has 4 N–H and O–H groups in total. The standard InChI is InChI=1S/C18H31N2O8P/c1-10(2)26-16-14(6-7-29(24,25)28-11(3)4)27-18(15(16)22)20-8-13(9-21)17(23)19-12(20)5/h8,10-11,14-16,18,21-22H,5-7,9H2,1-4H3,(H,19,23)(H,24,25)/t14-,15+,16?,18-/m1/s1. The van der Waals surface area contributed by atoms with E-state index in [-0.39, 0.29) is 30.1 Å². The minimum Gasteiger partial charge on any atom is -0.391 e. The van der Waals surface area contributed by atoms with Gasteiger partial charge in [0.2, 0.25) is 0 Å². The van der Waals surface area contributed by atoms with Crippen molar-refractivity contribution in [1.82, 2.24) is 10.2 Å². The van der Waals surface area contributed by atoms with E-state index in [9.17, 15) is 24.5 Å². The summed E-state index contributed by atoms with van der Waals surface area (Å²) in [6.07, 6.45) is -2.85. The Morgan fingerprint density at radius 1 is 1.34 bits per heavy atom. The first kappa shape index (κ1) is 24.0. The van der Waals surface area contributed by atoms with E-state index >= 15 is 0 Å². The highest BCUT2D eigenvalue weighted by atomic mass is 31.2. The minimum absolute atomic E-state index is 0.0863. The van der Waals surface area contributed by atoms with Crippen molar-refractivity contribution in [3.8, 4) is 0 Å². The molecule has 0 aromatic heterocycles. The zero-order valence-electron chi connectivity index (χ0n) is 17.1. The second-order valence-corrected chi connectivity index (χ2v) is 9.56. The normalized spacial score (nSPS) is 30.0. The van der Waals surface area contributed by atoms with Crippen molar-refractivity contribution in [2.75, 3.05) is 12.8 Å². The van der Waals surface area contributed by atoms with E-state index in [0.29, 0.717) is 0 Å². The molecule has 0 aromatic rings. The van der Waals surface area contributed by atoms with E-state index in [4.69, 9.17) is 14.0 Å². The predicted molar refractivity (Wildman–Crippen MR) is 104 cm³/mol. The Morgan fingerprint density at radius 2 is 2.00 bits per heavy atom. The van der Waals surface area contributed by atoms with Crippen LogP contribution >= 0.6 is 7.60 Å². The highest BCUT2D eigenvalue weighted by Gasteiger charge is 2.48. The van der Waals surface area contributed by atoms with Gasteiger partial charge in [-0.1, -0.05) is 6.58 Å². The van der Waals surface area contributed by atoms with Crippen LogP contribution < -0.4 is 5.32 Å². The number of rotatable bonds is 9. The third kappa shape index (κ3) is 6.11. The van der Waals surface area contributed by atoms with Crippen molar-refractivity contribution in [2.45, 2.75) is 70.9 Å². The molecular weight excluding hydrogens is 403 g/mol. The summed E-state index contributed by atoms with van der Waals surface area (Å²) in [5.74, 6) is -0.309. The van der Waals surface area contributed by atoms with Crippen molar-refractivity contribution in [3.63, 3.8) is 0 Å². The summed E-state index contributed by atoms with van der Waals surface area (Å²) in [5.41, 5.74) is 0.0863. The van der Waals surface area contributed by atoms with Gasteiger partial charge in [0.25, 0.3) is 5.91 Å². The lowest BCUT2D eigenvalue weighted by molar-refractivity contribution is -0.120. The van der Waals surface area contributed by atoms with Crippen molar-refractivity contribution < 1.29 is 38.5 Å². The fourth-order valence-corrected chi connectivity index (χ4v) is 4.60. The summed E-state index contributed by atoms with van der Waals surface area (Å²) in [4.78, 5) is 23.2. The number of nitrogens with one attached hydrogen (secondary N) is 1. The first-order valence-corrected chi connectivity index (χ1v) is 11.3. The maximum Gasteiger partial charge on any atom is 0.328 e. The van der Waals surface area contributed by atoms with E-state index < -0.39 is 50.8 Å². The molecule has 1 fully saturated rings. The van der Waals surface area contributed by atoms with Gasteiger partial charge < -0.3 is 39.3 Å². The van der Waals surface area contributed by atoms with E-state index in [1.807, 2.05) is 0 Å². The van der Waals surface area contributed by atoms with Crippen LogP contribution in [0.15, 0.2) is 24.2 Å². The molecule has 11 heteroatoms. The molecule has 0 bridgehead atoms. The van der Waals surface area contributed by atoms with Gasteiger partial charge in [-0.25, -0.2) is 0 Å². The van der Waals surface area contributed by atoms with Gasteiger partial charge in [-0.05, 0) is 34.1 Å². The lowest BCUT2D eigenvalue weighted by atomic mass is 10.1. The highest BCUT2D eigenvalue weighted by molar-refractivity contribution is 7.52.